The number of nitrogens with zero attached hydrogens (tertiary/aromatic N) is 1. The van der Waals surface area contributed by atoms with E-state index in [1.165, 1.54) is 12.3 Å². The van der Waals surface area contributed by atoms with E-state index in [0.29, 0.717) is 19.0 Å². The summed E-state index contributed by atoms with van der Waals surface area (Å²) in [5, 5.41) is 10.1. The number of ether oxygens (including phenoxy) is 2. The molecule has 0 spiro atoms. The summed E-state index contributed by atoms with van der Waals surface area (Å²) in [6, 6.07) is 6.97. The monoisotopic (exact) mass is 235 g/mol. The Balaban J connectivity index is 2.44. The molecule has 0 aliphatic rings. The fourth-order valence-electron chi connectivity index (χ4n) is 1.11. The van der Waals surface area contributed by atoms with Crippen molar-refractivity contribution >= 4 is 6.08 Å². The van der Waals surface area contributed by atoms with Crippen molar-refractivity contribution in [3.05, 3.63) is 59.0 Å². The van der Waals surface area contributed by atoms with Crippen LogP contribution in [0.5, 0.6) is 5.75 Å². The molecule has 0 atom stereocenters. The van der Waals surface area contributed by atoms with Gasteiger partial charge in [0.25, 0.3) is 0 Å². The van der Waals surface area contributed by atoms with Gasteiger partial charge in [0.05, 0.1) is 11.2 Å². The van der Waals surface area contributed by atoms with Gasteiger partial charge in [-0.05, 0) is 17.7 Å². The first-order valence-corrected chi connectivity index (χ1v) is 4.99. The highest BCUT2D eigenvalue weighted by Gasteiger charge is 1.94. The minimum absolute atomic E-state index is 0.427. The van der Waals surface area contributed by atoms with E-state index in [2.05, 4.69) is 6.58 Å². The molecule has 17 heavy (non-hydrogen) atoms. The average molecular weight is 235 g/mol. The summed E-state index contributed by atoms with van der Waals surface area (Å²) in [5.41, 5.74) is 0.747. The van der Waals surface area contributed by atoms with E-state index >= 15 is 0 Å². The maximum atomic E-state index is 10.1. The van der Waals surface area contributed by atoms with Crippen LogP contribution in [-0.4, -0.2) is 18.1 Å². The van der Waals surface area contributed by atoms with Gasteiger partial charge in [0, 0.05) is 6.08 Å². The fourth-order valence-corrected chi connectivity index (χ4v) is 1.11. The Labute approximate surface area is 99.1 Å². The second kappa shape index (κ2) is 7.05. The molecule has 0 saturated carbocycles. The Morgan fingerprint density at radius 3 is 2.59 bits per heavy atom. The molecule has 1 aromatic carbocycles. The van der Waals surface area contributed by atoms with Crippen LogP contribution >= 0.6 is 0 Å². The first-order chi connectivity index (χ1) is 8.22. The molecule has 1 aromatic rings. The third-order valence-corrected chi connectivity index (χ3v) is 1.86. The number of hydrogen-bond donors (Lipinski definition) is 0. The molecule has 90 valence electrons. The summed E-state index contributed by atoms with van der Waals surface area (Å²) >= 11 is 0. The van der Waals surface area contributed by atoms with Crippen molar-refractivity contribution in [1.82, 2.24) is 0 Å². The van der Waals surface area contributed by atoms with E-state index in [1.54, 1.807) is 24.3 Å². The molecule has 5 nitrogen and oxygen atoms in total. The lowest BCUT2D eigenvalue weighted by atomic mass is 10.2. The molecule has 0 aliphatic carbocycles. The van der Waals surface area contributed by atoms with Gasteiger partial charge in [-0.25, -0.2) is 0 Å². The van der Waals surface area contributed by atoms with Crippen molar-refractivity contribution in [2.24, 2.45) is 0 Å². The van der Waals surface area contributed by atoms with Crippen molar-refractivity contribution in [1.29, 1.82) is 0 Å². The van der Waals surface area contributed by atoms with Gasteiger partial charge in [-0.15, -0.1) is 0 Å². The predicted octanol–water partition coefficient (Wildman–Crippen LogP) is 2.47. The first-order valence-electron chi connectivity index (χ1n) is 4.99. The van der Waals surface area contributed by atoms with Gasteiger partial charge >= 0.3 is 0 Å². The zero-order valence-electron chi connectivity index (χ0n) is 9.24. The highest BCUT2D eigenvalue weighted by Crippen LogP contribution is 2.13. The van der Waals surface area contributed by atoms with Crippen LogP contribution in [-0.2, 0) is 4.74 Å². The molecular formula is C12H13NO4. The van der Waals surface area contributed by atoms with Crippen LogP contribution in [0.25, 0.3) is 6.08 Å². The zero-order chi connectivity index (χ0) is 12.5. The van der Waals surface area contributed by atoms with Crippen LogP contribution in [0.1, 0.15) is 5.56 Å². The zero-order valence-corrected chi connectivity index (χ0v) is 9.24. The van der Waals surface area contributed by atoms with Gasteiger partial charge < -0.3 is 9.47 Å². The summed E-state index contributed by atoms with van der Waals surface area (Å²) in [4.78, 5) is 9.61. The van der Waals surface area contributed by atoms with E-state index in [4.69, 9.17) is 9.47 Å². The Morgan fingerprint density at radius 1 is 1.29 bits per heavy atom. The van der Waals surface area contributed by atoms with Crippen LogP contribution < -0.4 is 4.74 Å². The van der Waals surface area contributed by atoms with E-state index in [0.717, 1.165) is 11.8 Å². The molecule has 0 heterocycles. The van der Waals surface area contributed by atoms with Crippen LogP contribution in [0.3, 0.4) is 0 Å². The number of rotatable bonds is 7. The maximum absolute atomic E-state index is 10.1. The second-order valence-corrected chi connectivity index (χ2v) is 3.06. The highest BCUT2D eigenvalue weighted by molar-refractivity contribution is 5.49. The number of benzene rings is 1. The Hall–Kier alpha value is -2.30. The molecule has 0 radical (unpaired) electrons. The lowest BCUT2D eigenvalue weighted by molar-refractivity contribution is -0.400. The average Bonchev–Trinajstić information content (AvgIpc) is 2.33. The lowest BCUT2D eigenvalue weighted by Gasteiger charge is -2.05. The first kappa shape index (κ1) is 12.8. The normalized spacial score (nSPS) is 10.1. The van der Waals surface area contributed by atoms with Gasteiger partial charge in [0.15, 0.2) is 0 Å². The largest absolute Gasteiger partial charge is 0.498 e. The maximum Gasteiger partial charge on any atom is 0.235 e. The van der Waals surface area contributed by atoms with E-state index < -0.39 is 4.92 Å². The molecule has 0 N–H and O–H groups in total. The lowest BCUT2D eigenvalue weighted by Crippen LogP contribution is -2.03. The SMILES string of the molecule is C=COCCOc1ccc(C=C[N+](=O)[O-])cc1. The summed E-state index contributed by atoms with van der Waals surface area (Å²) < 4.78 is 10.3. The van der Waals surface area contributed by atoms with Crippen molar-refractivity contribution in [2.45, 2.75) is 0 Å². The van der Waals surface area contributed by atoms with Crippen molar-refractivity contribution < 1.29 is 14.4 Å². The van der Waals surface area contributed by atoms with Crippen LogP contribution in [0.4, 0.5) is 0 Å². The molecule has 0 bridgehead atoms. The molecule has 0 saturated heterocycles. The van der Waals surface area contributed by atoms with E-state index in [-0.39, 0.29) is 0 Å². The quantitative estimate of drug-likeness (QED) is 0.315. The van der Waals surface area contributed by atoms with Crippen molar-refractivity contribution in [3.8, 4) is 5.75 Å². The third-order valence-electron chi connectivity index (χ3n) is 1.86. The van der Waals surface area contributed by atoms with Gasteiger partial charge in [-0.3, -0.25) is 10.1 Å². The molecule has 0 fully saturated rings. The smallest absolute Gasteiger partial charge is 0.235 e. The minimum Gasteiger partial charge on any atom is -0.498 e. The van der Waals surface area contributed by atoms with Crippen LogP contribution in [0, 0.1) is 10.1 Å². The molecule has 1 rings (SSSR count). The van der Waals surface area contributed by atoms with Crippen LogP contribution in [0.2, 0.25) is 0 Å². The number of nitro groups is 1. The minimum atomic E-state index is -0.503. The van der Waals surface area contributed by atoms with E-state index in [1.807, 2.05) is 0 Å². The summed E-state index contributed by atoms with van der Waals surface area (Å²) in [7, 11) is 0. The Bertz CT molecular complexity index is 397. The van der Waals surface area contributed by atoms with Gasteiger partial charge in [-0.1, -0.05) is 18.7 Å². The molecule has 0 unspecified atom stereocenters. The van der Waals surface area contributed by atoms with Crippen molar-refractivity contribution in [2.75, 3.05) is 13.2 Å². The van der Waals surface area contributed by atoms with E-state index in [9.17, 15) is 10.1 Å². The summed E-state index contributed by atoms with van der Waals surface area (Å²) in [6.45, 7) is 4.27. The Morgan fingerprint density at radius 2 is 2.00 bits per heavy atom. The number of hydrogen-bond acceptors (Lipinski definition) is 4. The topological polar surface area (TPSA) is 61.6 Å². The highest BCUT2D eigenvalue weighted by atomic mass is 16.6. The van der Waals surface area contributed by atoms with Gasteiger partial charge in [0.1, 0.15) is 19.0 Å². The van der Waals surface area contributed by atoms with Gasteiger partial charge in [0.2, 0.25) is 6.20 Å². The molecule has 5 heteroatoms. The molecular weight excluding hydrogens is 222 g/mol. The fraction of sp³-hybridized carbons (Fsp3) is 0.167. The Kier molecular flexibility index (Phi) is 5.30. The van der Waals surface area contributed by atoms with Crippen LogP contribution in [0.15, 0.2) is 43.3 Å². The molecule has 0 aromatic heterocycles. The predicted molar refractivity (Wildman–Crippen MR) is 64.1 cm³/mol. The third kappa shape index (κ3) is 5.36. The van der Waals surface area contributed by atoms with Crippen molar-refractivity contribution in [3.63, 3.8) is 0 Å². The molecule has 0 amide bonds. The van der Waals surface area contributed by atoms with Gasteiger partial charge in [-0.2, -0.15) is 0 Å². The molecule has 0 aliphatic heterocycles. The summed E-state index contributed by atoms with van der Waals surface area (Å²) in [6.07, 6.45) is 3.67. The standard InChI is InChI=1S/C12H13NO4/c1-2-16-9-10-17-12-5-3-11(4-6-12)7-8-13(14)15/h2-8H,1,9-10H2. The second-order valence-electron chi connectivity index (χ2n) is 3.06. The summed E-state index contributed by atoms with van der Waals surface area (Å²) in [5.74, 6) is 0.691.